The van der Waals surface area contributed by atoms with Crippen molar-refractivity contribution in [2.24, 2.45) is 0 Å². The number of nitrogens with one attached hydrogen (secondary N) is 1. The molecule has 0 aliphatic rings. The number of nitrogens with zero attached hydrogens (tertiary/aromatic N) is 2. The Kier molecular flexibility index (Phi) is 8.02. The van der Waals surface area contributed by atoms with Crippen molar-refractivity contribution in [2.75, 3.05) is 46.9 Å². The van der Waals surface area contributed by atoms with Crippen LogP contribution >= 0.6 is 0 Å². The zero-order valence-corrected chi connectivity index (χ0v) is 7.84. The molecule has 1 N–H and O–H groups in total. The van der Waals surface area contributed by atoms with E-state index in [4.69, 9.17) is 10.00 Å². The molecule has 0 rings (SSSR count). The van der Waals surface area contributed by atoms with E-state index in [1.54, 1.807) is 0 Å². The molecule has 0 aromatic heterocycles. The van der Waals surface area contributed by atoms with E-state index in [0.717, 1.165) is 19.7 Å². The molecule has 4 heteroatoms. The summed E-state index contributed by atoms with van der Waals surface area (Å²) in [5, 5.41) is 11.1. The number of likely N-dealkylation sites (N-methyl/N-ethyl adjacent to an activating group) is 1. The Morgan fingerprint density at radius 1 is 1.42 bits per heavy atom. The minimum atomic E-state index is 0.400. The highest BCUT2D eigenvalue weighted by atomic mass is 16.5. The zero-order valence-electron chi connectivity index (χ0n) is 7.84. The van der Waals surface area contributed by atoms with Gasteiger partial charge in [0.1, 0.15) is 0 Å². The van der Waals surface area contributed by atoms with Gasteiger partial charge in [-0.3, -0.25) is 0 Å². The van der Waals surface area contributed by atoms with Crippen LogP contribution < -0.4 is 5.32 Å². The summed E-state index contributed by atoms with van der Waals surface area (Å²) in [5.41, 5.74) is 0. The first-order valence-electron chi connectivity index (χ1n) is 4.07. The highest BCUT2D eigenvalue weighted by Gasteiger charge is 1.90. The molecular formula is C8H17N3O. The maximum absolute atomic E-state index is 8.18. The topological polar surface area (TPSA) is 48.3 Å². The molecule has 0 radical (unpaired) electrons. The van der Waals surface area contributed by atoms with Crippen LogP contribution in [0.5, 0.6) is 0 Å². The van der Waals surface area contributed by atoms with E-state index in [1.807, 2.05) is 20.2 Å². The fourth-order valence-electron chi connectivity index (χ4n) is 0.638. The first-order valence-corrected chi connectivity index (χ1v) is 4.07. The van der Waals surface area contributed by atoms with Gasteiger partial charge in [-0.25, -0.2) is 0 Å². The van der Waals surface area contributed by atoms with Gasteiger partial charge in [-0.15, -0.1) is 0 Å². The van der Waals surface area contributed by atoms with Crippen molar-refractivity contribution in [2.45, 2.75) is 0 Å². The lowest BCUT2D eigenvalue weighted by Gasteiger charge is -2.09. The number of hydrogen-bond acceptors (Lipinski definition) is 4. The van der Waals surface area contributed by atoms with Crippen LogP contribution in [0.3, 0.4) is 0 Å². The van der Waals surface area contributed by atoms with Crippen molar-refractivity contribution in [3.05, 3.63) is 0 Å². The predicted octanol–water partition coefficient (Wildman–Crippen LogP) is -0.322. The Morgan fingerprint density at radius 2 is 2.17 bits per heavy atom. The molecule has 12 heavy (non-hydrogen) atoms. The van der Waals surface area contributed by atoms with Crippen molar-refractivity contribution in [1.82, 2.24) is 10.2 Å². The summed E-state index contributed by atoms with van der Waals surface area (Å²) in [6.07, 6.45) is 0. The Balaban J connectivity index is 2.87. The third kappa shape index (κ3) is 9.37. The fourth-order valence-corrected chi connectivity index (χ4v) is 0.638. The van der Waals surface area contributed by atoms with E-state index in [1.165, 1.54) is 0 Å². The lowest BCUT2D eigenvalue weighted by molar-refractivity contribution is 0.120. The molecule has 0 bridgehead atoms. The number of ether oxygens (including phenoxy) is 1. The molecule has 0 spiro atoms. The minimum absolute atomic E-state index is 0.400. The van der Waals surface area contributed by atoms with Gasteiger partial charge in [0.25, 0.3) is 0 Å². The zero-order chi connectivity index (χ0) is 9.23. The largest absolute Gasteiger partial charge is 0.379 e. The van der Waals surface area contributed by atoms with Crippen molar-refractivity contribution in [3.8, 4) is 6.07 Å². The Bertz CT molecular complexity index is 131. The van der Waals surface area contributed by atoms with Crippen molar-refractivity contribution >= 4 is 0 Å². The fraction of sp³-hybridized carbons (Fsp3) is 0.875. The summed E-state index contributed by atoms with van der Waals surface area (Å²) in [6, 6.07) is 2.00. The number of hydrogen-bond donors (Lipinski definition) is 1. The highest BCUT2D eigenvalue weighted by molar-refractivity contribution is 4.72. The standard InChI is InChI=1S/C8H17N3O/c1-11(2)6-8-12-7-5-10-4-3-9/h10H,4-8H2,1-2H3. The van der Waals surface area contributed by atoms with Gasteiger partial charge in [0.15, 0.2) is 0 Å². The molecule has 0 aromatic rings. The average molecular weight is 171 g/mol. The monoisotopic (exact) mass is 171 g/mol. The van der Waals surface area contributed by atoms with Crippen molar-refractivity contribution in [1.29, 1.82) is 5.26 Å². The van der Waals surface area contributed by atoms with Crippen LogP contribution in [0.15, 0.2) is 0 Å². The van der Waals surface area contributed by atoms with Crippen molar-refractivity contribution < 1.29 is 4.74 Å². The van der Waals surface area contributed by atoms with Gasteiger partial charge in [-0.2, -0.15) is 5.26 Å². The summed E-state index contributed by atoms with van der Waals surface area (Å²) in [5.74, 6) is 0. The molecule has 70 valence electrons. The second kappa shape index (κ2) is 8.47. The van der Waals surface area contributed by atoms with Gasteiger partial charge in [0, 0.05) is 13.1 Å². The summed E-state index contributed by atoms with van der Waals surface area (Å²) in [6.45, 7) is 3.52. The maximum atomic E-state index is 8.18. The van der Waals surface area contributed by atoms with Gasteiger partial charge in [0.05, 0.1) is 25.8 Å². The van der Waals surface area contributed by atoms with E-state index in [9.17, 15) is 0 Å². The first-order chi connectivity index (χ1) is 5.77. The summed E-state index contributed by atoms with van der Waals surface area (Å²) >= 11 is 0. The lowest BCUT2D eigenvalue weighted by atomic mass is 10.6. The third-order valence-corrected chi connectivity index (χ3v) is 1.31. The molecule has 0 aliphatic heterocycles. The Hall–Kier alpha value is -0.630. The van der Waals surface area contributed by atoms with Gasteiger partial charge in [-0.05, 0) is 14.1 Å². The van der Waals surface area contributed by atoms with Crippen LogP contribution in [0.1, 0.15) is 0 Å². The molecule has 0 fully saturated rings. The van der Waals surface area contributed by atoms with E-state index in [-0.39, 0.29) is 0 Å². The molecule has 0 saturated carbocycles. The molecule has 0 aromatic carbocycles. The van der Waals surface area contributed by atoms with Crippen LogP contribution in [0.4, 0.5) is 0 Å². The summed E-state index contributed by atoms with van der Waals surface area (Å²) in [4.78, 5) is 2.07. The molecule has 0 saturated heterocycles. The quantitative estimate of drug-likeness (QED) is 0.421. The van der Waals surface area contributed by atoms with E-state index in [2.05, 4.69) is 10.2 Å². The van der Waals surface area contributed by atoms with Crippen LogP contribution in [-0.4, -0.2) is 51.8 Å². The molecule has 0 heterocycles. The van der Waals surface area contributed by atoms with Gasteiger partial charge >= 0.3 is 0 Å². The van der Waals surface area contributed by atoms with E-state index in [0.29, 0.717) is 13.2 Å². The van der Waals surface area contributed by atoms with E-state index < -0.39 is 0 Å². The van der Waals surface area contributed by atoms with Crippen LogP contribution in [-0.2, 0) is 4.74 Å². The summed E-state index contributed by atoms with van der Waals surface area (Å²) < 4.78 is 5.28. The SMILES string of the molecule is CN(C)CCOCCNCC#N. The maximum Gasteiger partial charge on any atom is 0.0841 e. The second-order valence-electron chi connectivity index (χ2n) is 2.75. The Morgan fingerprint density at radius 3 is 2.75 bits per heavy atom. The molecule has 4 nitrogen and oxygen atoms in total. The van der Waals surface area contributed by atoms with Crippen LogP contribution in [0.2, 0.25) is 0 Å². The number of rotatable bonds is 7. The normalized spacial score (nSPS) is 10.2. The first kappa shape index (κ1) is 11.4. The molecule has 0 aliphatic carbocycles. The molecule has 0 unspecified atom stereocenters. The van der Waals surface area contributed by atoms with Gasteiger partial charge < -0.3 is 15.0 Å². The predicted molar refractivity (Wildman–Crippen MR) is 47.9 cm³/mol. The third-order valence-electron chi connectivity index (χ3n) is 1.31. The van der Waals surface area contributed by atoms with E-state index >= 15 is 0 Å². The van der Waals surface area contributed by atoms with Gasteiger partial charge in [-0.1, -0.05) is 0 Å². The molecule has 0 amide bonds. The lowest BCUT2D eigenvalue weighted by Crippen LogP contribution is -2.23. The van der Waals surface area contributed by atoms with Crippen LogP contribution in [0.25, 0.3) is 0 Å². The average Bonchev–Trinajstić information content (AvgIpc) is 2.02. The molecule has 0 atom stereocenters. The van der Waals surface area contributed by atoms with Gasteiger partial charge in [0.2, 0.25) is 0 Å². The Labute approximate surface area is 74.1 Å². The minimum Gasteiger partial charge on any atom is -0.379 e. The van der Waals surface area contributed by atoms with Crippen molar-refractivity contribution in [3.63, 3.8) is 0 Å². The smallest absolute Gasteiger partial charge is 0.0841 e. The van der Waals surface area contributed by atoms with Crippen LogP contribution in [0, 0.1) is 11.3 Å². The highest BCUT2D eigenvalue weighted by Crippen LogP contribution is 1.77. The molecular weight excluding hydrogens is 154 g/mol. The number of nitriles is 1. The second-order valence-corrected chi connectivity index (χ2v) is 2.75. The summed E-state index contributed by atoms with van der Waals surface area (Å²) in [7, 11) is 4.02.